The summed E-state index contributed by atoms with van der Waals surface area (Å²) in [7, 11) is 0. The molecule has 0 amide bonds. The first-order valence-corrected chi connectivity index (χ1v) is 11.5. The first kappa shape index (κ1) is 24.0. The van der Waals surface area contributed by atoms with Gasteiger partial charge >= 0.3 is 0 Å². The minimum atomic E-state index is -1.53. The Bertz CT molecular complexity index is 1080. The molecule has 0 unspecified atom stereocenters. The monoisotopic (exact) mass is 474 g/mol. The molecule has 33 heavy (non-hydrogen) atoms. The number of rotatable bonds is 6. The van der Waals surface area contributed by atoms with Gasteiger partial charge in [0.2, 0.25) is 0 Å². The lowest BCUT2D eigenvalue weighted by molar-refractivity contribution is -0.248. The van der Waals surface area contributed by atoms with Crippen molar-refractivity contribution < 1.29 is 34.7 Å². The Balaban J connectivity index is 1.57. The predicted octanol–water partition coefficient (Wildman–Crippen LogP) is 2.33. The van der Waals surface area contributed by atoms with Crippen molar-refractivity contribution in [3.8, 4) is 10.4 Å². The zero-order valence-electron chi connectivity index (χ0n) is 18.0. The number of aliphatic hydroxyl groups is 5. The summed E-state index contributed by atoms with van der Waals surface area (Å²) in [6.07, 6.45) is -7.45. The van der Waals surface area contributed by atoms with Gasteiger partial charge in [0.05, 0.1) is 6.61 Å². The molecule has 5 N–H and O–H groups in total. The third kappa shape index (κ3) is 5.02. The normalized spacial score (nSPS) is 26.3. The van der Waals surface area contributed by atoms with E-state index in [4.69, 9.17) is 4.74 Å². The standard InChI is InChI=1S/C25H27FO6S/c1-13-2-3-15(24-22(30)21(29)23(31)25(32-24)19(28)12-27)10-16(13)11-18-8-9-20(33-18)14-4-6-17(26)7-5-14/h2-10,19,21-25,27-31H,11-12H2,1H3/t19-,21+,22+,23-,24-,25+/m0/s1. The van der Waals surface area contributed by atoms with E-state index in [1.54, 1.807) is 29.5 Å². The summed E-state index contributed by atoms with van der Waals surface area (Å²) in [4.78, 5) is 2.13. The van der Waals surface area contributed by atoms with Crippen molar-refractivity contribution in [2.24, 2.45) is 0 Å². The van der Waals surface area contributed by atoms with Crippen molar-refractivity contribution in [2.75, 3.05) is 6.61 Å². The molecule has 4 rings (SSSR count). The number of benzene rings is 2. The van der Waals surface area contributed by atoms with Crippen molar-refractivity contribution in [1.29, 1.82) is 0 Å². The lowest BCUT2D eigenvalue weighted by Gasteiger charge is -2.42. The van der Waals surface area contributed by atoms with Crippen LogP contribution in [-0.2, 0) is 11.2 Å². The molecule has 6 atom stereocenters. The van der Waals surface area contributed by atoms with Crippen LogP contribution in [0.3, 0.4) is 0 Å². The van der Waals surface area contributed by atoms with Crippen LogP contribution in [0.4, 0.5) is 4.39 Å². The molecular weight excluding hydrogens is 447 g/mol. The molecule has 6 nitrogen and oxygen atoms in total. The quantitative estimate of drug-likeness (QED) is 0.375. The topological polar surface area (TPSA) is 110 Å². The first-order valence-electron chi connectivity index (χ1n) is 10.7. The minimum absolute atomic E-state index is 0.276. The highest BCUT2D eigenvalue weighted by Crippen LogP contribution is 2.35. The fourth-order valence-corrected chi connectivity index (χ4v) is 5.13. The molecule has 2 aromatic carbocycles. The Hall–Kier alpha value is -2.17. The number of hydrogen-bond acceptors (Lipinski definition) is 7. The average Bonchev–Trinajstić information content (AvgIpc) is 3.28. The van der Waals surface area contributed by atoms with Crippen molar-refractivity contribution in [3.63, 3.8) is 0 Å². The maximum absolute atomic E-state index is 13.2. The summed E-state index contributed by atoms with van der Waals surface area (Å²) in [6.45, 7) is 1.33. The predicted molar refractivity (Wildman–Crippen MR) is 122 cm³/mol. The molecule has 0 radical (unpaired) electrons. The van der Waals surface area contributed by atoms with E-state index in [0.717, 1.165) is 26.4 Å². The SMILES string of the molecule is Cc1ccc([C@@H]2O[C@H]([C@@H](O)CO)[C@@H](O)[C@H](O)[C@H]2O)cc1Cc1ccc(-c2ccc(F)cc2)s1. The summed E-state index contributed by atoms with van der Waals surface area (Å²) in [5.41, 5.74) is 3.57. The van der Waals surface area contributed by atoms with Gasteiger partial charge in [-0.25, -0.2) is 4.39 Å². The minimum Gasteiger partial charge on any atom is -0.394 e. The summed E-state index contributed by atoms with van der Waals surface area (Å²) in [5.74, 6) is -0.276. The Morgan fingerprint density at radius 3 is 2.39 bits per heavy atom. The molecule has 176 valence electrons. The van der Waals surface area contributed by atoms with Gasteiger partial charge in [-0.3, -0.25) is 0 Å². The number of aliphatic hydroxyl groups excluding tert-OH is 5. The van der Waals surface area contributed by atoms with Crippen molar-refractivity contribution in [3.05, 3.63) is 82.0 Å². The molecule has 0 bridgehead atoms. The summed E-state index contributed by atoms with van der Waals surface area (Å²) < 4.78 is 19.0. The second-order valence-electron chi connectivity index (χ2n) is 8.38. The molecule has 8 heteroatoms. The maximum Gasteiger partial charge on any atom is 0.123 e. The summed E-state index contributed by atoms with van der Waals surface area (Å²) in [5, 5.41) is 50.2. The highest BCUT2D eigenvalue weighted by atomic mass is 32.1. The smallest absolute Gasteiger partial charge is 0.123 e. The highest BCUT2D eigenvalue weighted by Gasteiger charge is 2.46. The van der Waals surface area contributed by atoms with E-state index in [-0.39, 0.29) is 5.82 Å². The van der Waals surface area contributed by atoms with Gasteiger partial charge < -0.3 is 30.3 Å². The molecule has 3 aromatic rings. The Labute approximate surface area is 195 Å². The van der Waals surface area contributed by atoms with E-state index >= 15 is 0 Å². The Morgan fingerprint density at radius 1 is 0.970 bits per heavy atom. The molecule has 1 saturated heterocycles. The molecular formula is C25H27FO6S. The lowest BCUT2D eigenvalue weighted by atomic mass is 9.88. The van der Waals surface area contributed by atoms with E-state index in [1.165, 1.54) is 12.1 Å². The van der Waals surface area contributed by atoms with Gasteiger partial charge in [0.15, 0.2) is 0 Å². The van der Waals surface area contributed by atoms with E-state index in [2.05, 4.69) is 0 Å². The molecule has 0 aliphatic carbocycles. The molecule has 1 aromatic heterocycles. The number of ether oxygens (including phenoxy) is 1. The number of halogens is 1. The summed E-state index contributed by atoms with van der Waals surface area (Å²) in [6, 6.07) is 15.9. The van der Waals surface area contributed by atoms with E-state index in [9.17, 15) is 29.9 Å². The van der Waals surface area contributed by atoms with Crippen LogP contribution in [-0.4, -0.2) is 62.7 Å². The van der Waals surface area contributed by atoms with Crippen LogP contribution in [0.1, 0.15) is 27.7 Å². The van der Waals surface area contributed by atoms with E-state index in [1.807, 2.05) is 31.2 Å². The van der Waals surface area contributed by atoms with E-state index in [0.29, 0.717) is 12.0 Å². The zero-order valence-corrected chi connectivity index (χ0v) is 18.8. The molecule has 0 saturated carbocycles. The van der Waals surface area contributed by atoms with Gasteiger partial charge in [-0.05, 0) is 53.4 Å². The highest BCUT2D eigenvalue weighted by molar-refractivity contribution is 7.15. The molecule has 1 aliphatic rings. The van der Waals surface area contributed by atoms with Crippen LogP contribution in [0.2, 0.25) is 0 Å². The van der Waals surface area contributed by atoms with Crippen LogP contribution in [0.15, 0.2) is 54.6 Å². The zero-order chi connectivity index (χ0) is 23.7. The van der Waals surface area contributed by atoms with E-state index < -0.39 is 43.2 Å². The molecule has 0 spiro atoms. The lowest BCUT2D eigenvalue weighted by Crippen LogP contribution is -2.58. The van der Waals surface area contributed by atoms with Crippen LogP contribution in [0.25, 0.3) is 10.4 Å². The van der Waals surface area contributed by atoms with Crippen molar-refractivity contribution in [1.82, 2.24) is 0 Å². The van der Waals surface area contributed by atoms with Gasteiger partial charge in [-0.15, -0.1) is 11.3 Å². The third-order valence-electron chi connectivity index (χ3n) is 6.07. The van der Waals surface area contributed by atoms with Crippen LogP contribution in [0.5, 0.6) is 0 Å². The molecule has 1 aliphatic heterocycles. The Kier molecular flexibility index (Phi) is 7.25. The largest absolute Gasteiger partial charge is 0.394 e. The van der Waals surface area contributed by atoms with Gasteiger partial charge in [0.1, 0.15) is 42.4 Å². The maximum atomic E-state index is 13.2. The number of hydrogen-bond donors (Lipinski definition) is 5. The van der Waals surface area contributed by atoms with Crippen molar-refractivity contribution >= 4 is 11.3 Å². The van der Waals surface area contributed by atoms with Crippen LogP contribution >= 0.6 is 11.3 Å². The number of thiophene rings is 1. The second-order valence-corrected chi connectivity index (χ2v) is 9.55. The van der Waals surface area contributed by atoms with Gasteiger partial charge in [0, 0.05) is 16.2 Å². The second kappa shape index (κ2) is 9.99. The van der Waals surface area contributed by atoms with Crippen LogP contribution < -0.4 is 0 Å². The van der Waals surface area contributed by atoms with Gasteiger partial charge in [-0.2, -0.15) is 0 Å². The number of aryl methyl sites for hydroxylation is 1. The first-order chi connectivity index (χ1) is 15.8. The van der Waals surface area contributed by atoms with Crippen molar-refractivity contribution in [2.45, 2.75) is 50.0 Å². The van der Waals surface area contributed by atoms with Crippen LogP contribution in [0, 0.1) is 12.7 Å². The fraction of sp³-hybridized carbons (Fsp3) is 0.360. The fourth-order valence-electron chi connectivity index (χ4n) is 4.09. The Morgan fingerprint density at radius 2 is 1.70 bits per heavy atom. The molecule has 1 fully saturated rings. The summed E-state index contributed by atoms with van der Waals surface area (Å²) >= 11 is 1.61. The van der Waals surface area contributed by atoms with Gasteiger partial charge in [-0.1, -0.05) is 30.3 Å². The van der Waals surface area contributed by atoms with Gasteiger partial charge in [0.25, 0.3) is 0 Å². The third-order valence-corrected chi connectivity index (χ3v) is 7.21. The average molecular weight is 475 g/mol. The molecule has 2 heterocycles.